The number of methoxy groups -OCH3 is 1. The van der Waals surface area contributed by atoms with Crippen LogP contribution in [0.1, 0.15) is 35.7 Å². The van der Waals surface area contributed by atoms with Crippen molar-refractivity contribution < 1.29 is 9.53 Å². The van der Waals surface area contributed by atoms with E-state index in [2.05, 4.69) is 10.3 Å². The summed E-state index contributed by atoms with van der Waals surface area (Å²) in [6.45, 7) is 0.465. The summed E-state index contributed by atoms with van der Waals surface area (Å²) in [7, 11) is 1.63. The van der Waals surface area contributed by atoms with Crippen LogP contribution in [-0.4, -0.2) is 28.3 Å². The zero-order valence-corrected chi connectivity index (χ0v) is 15.5. The van der Waals surface area contributed by atoms with Crippen molar-refractivity contribution in [1.82, 2.24) is 14.9 Å². The van der Waals surface area contributed by atoms with E-state index in [1.165, 1.54) is 0 Å². The number of aryl methyl sites for hydroxylation is 1. The van der Waals surface area contributed by atoms with E-state index in [1.54, 1.807) is 23.4 Å². The molecule has 0 radical (unpaired) electrons. The quantitative estimate of drug-likeness (QED) is 0.815. The van der Waals surface area contributed by atoms with Crippen molar-refractivity contribution in [2.24, 2.45) is 0 Å². The lowest BCUT2D eigenvalue weighted by Crippen LogP contribution is -2.32. The number of fused-ring (bicyclic) bond motifs is 2. The molecule has 2 heterocycles. The molecule has 0 fully saturated rings. The zero-order valence-electron chi connectivity index (χ0n) is 14.7. The van der Waals surface area contributed by atoms with Crippen molar-refractivity contribution in [1.29, 1.82) is 0 Å². The first kappa shape index (κ1) is 17.1. The molecule has 1 aliphatic heterocycles. The number of rotatable bonds is 5. The van der Waals surface area contributed by atoms with E-state index >= 15 is 0 Å². The Balaban J connectivity index is 1.41. The molecule has 0 bridgehead atoms. The lowest BCUT2D eigenvalue weighted by atomic mass is 10.2. The highest BCUT2D eigenvalue weighted by Gasteiger charge is 2.30. The monoisotopic (exact) mass is 371 g/mol. The number of carbonyl (C=O) groups excluding carboxylic acids is 1. The lowest BCUT2D eigenvalue weighted by molar-refractivity contribution is -0.121. The number of nitrogens with zero attached hydrogens (tertiary/aromatic N) is 2. The van der Waals surface area contributed by atoms with Crippen LogP contribution in [0.3, 0.4) is 0 Å². The molecule has 2 aromatic rings. The fourth-order valence-electron chi connectivity index (χ4n) is 3.53. The minimum Gasteiger partial charge on any atom is -0.497 e. The maximum absolute atomic E-state index is 12.8. The Bertz CT molecular complexity index is 892. The third kappa shape index (κ3) is 3.23. The number of thioether (sulfide) groups is 1. The van der Waals surface area contributed by atoms with Gasteiger partial charge in [0.1, 0.15) is 5.75 Å². The van der Waals surface area contributed by atoms with Gasteiger partial charge in [-0.25, -0.2) is 4.98 Å². The highest BCUT2D eigenvalue weighted by molar-refractivity contribution is 7.99. The summed E-state index contributed by atoms with van der Waals surface area (Å²) in [4.78, 5) is 29.8. The number of carbonyl (C=O) groups is 1. The van der Waals surface area contributed by atoms with Gasteiger partial charge < -0.3 is 10.1 Å². The maximum Gasteiger partial charge on any atom is 0.257 e. The third-order valence-electron chi connectivity index (χ3n) is 4.94. The lowest BCUT2D eigenvalue weighted by Gasteiger charge is -2.14. The second kappa shape index (κ2) is 7.15. The minimum atomic E-state index is -0.114. The summed E-state index contributed by atoms with van der Waals surface area (Å²) in [6.07, 6.45) is 3.00. The Kier molecular flexibility index (Phi) is 4.72. The van der Waals surface area contributed by atoms with Crippen LogP contribution < -0.4 is 15.6 Å². The van der Waals surface area contributed by atoms with Crippen LogP contribution in [0.2, 0.25) is 0 Å². The van der Waals surface area contributed by atoms with Crippen molar-refractivity contribution in [3.05, 3.63) is 51.4 Å². The first-order chi connectivity index (χ1) is 12.7. The number of amides is 1. The molecule has 1 aromatic carbocycles. The second-order valence-electron chi connectivity index (χ2n) is 6.64. The second-order valence-corrected chi connectivity index (χ2v) is 7.63. The first-order valence-corrected chi connectivity index (χ1v) is 9.81. The van der Waals surface area contributed by atoms with Crippen molar-refractivity contribution in [2.75, 3.05) is 12.9 Å². The largest absolute Gasteiger partial charge is 0.497 e. The molecular formula is C19H21N3O3S. The Morgan fingerprint density at radius 1 is 1.35 bits per heavy atom. The summed E-state index contributed by atoms with van der Waals surface area (Å²) in [6, 6.07) is 7.49. The Morgan fingerprint density at radius 2 is 2.15 bits per heavy atom. The molecule has 1 aliphatic carbocycles. The average molecular weight is 371 g/mol. The van der Waals surface area contributed by atoms with Gasteiger partial charge in [0.05, 0.1) is 18.8 Å². The molecule has 1 atom stereocenters. The molecular weight excluding hydrogens is 350 g/mol. The minimum absolute atomic E-state index is 0.0494. The van der Waals surface area contributed by atoms with E-state index in [9.17, 15) is 9.59 Å². The smallest absolute Gasteiger partial charge is 0.257 e. The van der Waals surface area contributed by atoms with Crippen LogP contribution in [0.25, 0.3) is 0 Å². The molecule has 0 saturated heterocycles. The SMILES string of the molecule is COc1ccc(CNC(=O)CC2CSc3nc4c(c(=O)n32)CCC4)cc1. The van der Waals surface area contributed by atoms with Gasteiger partial charge in [-0.15, -0.1) is 0 Å². The molecule has 7 heteroatoms. The van der Waals surface area contributed by atoms with Crippen LogP contribution in [0.15, 0.2) is 34.2 Å². The summed E-state index contributed by atoms with van der Waals surface area (Å²) in [5.41, 5.74) is 2.87. The van der Waals surface area contributed by atoms with Gasteiger partial charge in [0.2, 0.25) is 5.91 Å². The molecule has 2 aliphatic rings. The Labute approximate surface area is 156 Å². The Hall–Kier alpha value is -2.28. The third-order valence-corrected chi connectivity index (χ3v) is 6.04. The van der Waals surface area contributed by atoms with E-state index in [1.807, 2.05) is 24.3 Å². The van der Waals surface area contributed by atoms with Crippen LogP contribution >= 0.6 is 11.8 Å². The van der Waals surface area contributed by atoms with Gasteiger partial charge in [-0.2, -0.15) is 0 Å². The van der Waals surface area contributed by atoms with Crippen LogP contribution in [0, 0.1) is 0 Å². The summed E-state index contributed by atoms with van der Waals surface area (Å²) in [5.74, 6) is 1.46. The first-order valence-electron chi connectivity index (χ1n) is 8.82. The fraction of sp³-hybridized carbons (Fsp3) is 0.421. The Morgan fingerprint density at radius 3 is 2.92 bits per heavy atom. The van der Waals surface area contributed by atoms with Gasteiger partial charge in [-0.05, 0) is 37.0 Å². The molecule has 1 aromatic heterocycles. The van der Waals surface area contributed by atoms with E-state index in [-0.39, 0.29) is 17.5 Å². The van der Waals surface area contributed by atoms with Crippen molar-refractivity contribution >= 4 is 17.7 Å². The maximum atomic E-state index is 12.8. The zero-order chi connectivity index (χ0) is 18.1. The van der Waals surface area contributed by atoms with Crippen molar-refractivity contribution in [3.63, 3.8) is 0 Å². The van der Waals surface area contributed by atoms with Crippen LogP contribution in [0.5, 0.6) is 5.75 Å². The van der Waals surface area contributed by atoms with Gasteiger partial charge in [0.15, 0.2) is 5.16 Å². The predicted molar refractivity (Wildman–Crippen MR) is 99.7 cm³/mol. The summed E-state index contributed by atoms with van der Waals surface area (Å²) in [5, 5.41) is 3.71. The number of benzene rings is 1. The molecule has 4 rings (SSSR count). The number of ether oxygens (including phenoxy) is 1. The molecule has 0 saturated carbocycles. The molecule has 1 N–H and O–H groups in total. The highest BCUT2D eigenvalue weighted by Crippen LogP contribution is 2.33. The number of aromatic nitrogens is 2. The van der Waals surface area contributed by atoms with Crippen LogP contribution in [-0.2, 0) is 24.2 Å². The van der Waals surface area contributed by atoms with Gasteiger partial charge in [-0.3, -0.25) is 14.2 Å². The van der Waals surface area contributed by atoms with Gasteiger partial charge >= 0.3 is 0 Å². The van der Waals surface area contributed by atoms with Gasteiger partial charge in [0, 0.05) is 24.3 Å². The molecule has 136 valence electrons. The summed E-state index contributed by atoms with van der Waals surface area (Å²) >= 11 is 1.57. The molecule has 6 nitrogen and oxygen atoms in total. The van der Waals surface area contributed by atoms with Gasteiger partial charge in [0.25, 0.3) is 5.56 Å². The normalized spacial score (nSPS) is 17.7. The predicted octanol–water partition coefficient (Wildman–Crippen LogP) is 2.09. The number of hydrogen-bond donors (Lipinski definition) is 1. The molecule has 0 spiro atoms. The number of nitrogens with one attached hydrogen (secondary N) is 1. The molecule has 26 heavy (non-hydrogen) atoms. The van der Waals surface area contributed by atoms with E-state index in [4.69, 9.17) is 4.74 Å². The van der Waals surface area contributed by atoms with E-state index < -0.39 is 0 Å². The van der Waals surface area contributed by atoms with Crippen molar-refractivity contribution in [3.8, 4) is 5.75 Å². The van der Waals surface area contributed by atoms with E-state index in [0.29, 0.717) is 13.0 Å². The van der Waals surface area contributed by atoms with Gasteiger partial charge in [-0.1, -0.05) is 23.9 Å². The van der Waals surface area contributed by atoms with Crippen molar-refractivity contribution in [2.45, 2.75) is 43.4 Å². The standard InChI is InChI=1S/C19H21N3O3S/c1-25-14-7-5-12(6-8-14)10-20-17(23)9-13-11-26-19-21-16-4-2-3-15(16)18(24)22(13)19/h5-8,13H,2-4,9-11H2,1H3,(H,20,23). The van der Waals surface area contributed by atoms with Crippen LogP contribution in [0.4, 0.5) is 0 Å². The molecule has 1 unspecified atom stereocenters. The molecule has 1 amide bonds. The fourth-order valence-corrected chi connectivity index (χ4v) is 4.69. The number of hydrogen-bond acceptors (Lipinski definition) is 5. The topological polar surface area (TPSA) is 73.2 Å². The summed E-state index contributed by atoms with van der Waals surface area (Å²) < 4.78 is 6.87. The highest BCUT2D eigenvalue weighted by atomic mass is 32.2. The average Bonchev–Trinajstić information content (AvgIpc) is 3.28. The van der Waals surface area contributed by atoms with E-state index in [0.717, 1.165) is 52.7 Å².